The van der Waals surface area contributed by atoms with Crippen LogP contribution in [0.4, 0.5) is 0 Å². The van der Waals surface area contributed by atoms with Gasteiger partial charge < -0.3 is 5.32 Å². The Bertz CT molecular complexity index is 393. The molecule has 3 nitrogen and oxygen atoms in total. The Labute approximate surface area is 102 Å². The lowest BCUT2D eigenvalue weighted by molar-refractivity contribution is -0.116. The summed E-state index contributed by atoms with van der Waals surface area (Å²) in [5, 5.41) is 2.50. The Hall–Kier alpha value is -1.64. The smallest absolute Gasteiger partial charge is 0.292 e. The number of amides is 1. The molecule has 0 fully saturated rings. The second kappa shape index (κ2) is 6.18. The highest BCUT2D eigenvalue weighted by atomic mass is 16.2. The van der Waals surface area contributed by atoms with Gasteiger partial charge in [0.15, 0.2) is 0 Å². The number of benzene rings is 1. The number of hydrogen-bond acceptors (Lipinski definition) is 2. The first-order valence-electron chi connectivity index (χ1n) is 5.96. The third-order valence-electron chi connectivity index (χ3n) is 2.40. The maximum absolute atomic E-state index is 11.7. The van der Waals surface area contributed by atoms with Crippen molar-refractivity contribution in [1.29, 1.82) is 0 Å². The second-order valence-electron chi connectivity index (χ2n) is 4.48. The van der Waals surface area contributed by atoms with Crippen LogP contribution in [0.2, 0.25) is 0 Å². The Kier molecular flexibility index (Phi) is 4.88. The lowest BCUT2D eigenvalue weighted by atomic mass is 10.0. The van der Waals surface area contributed by atoms with Gasteiger partial charge in [0.2, 0.25) is 5.78 Å². The molecule has 17 heavy (non-hydrogen) atoms. The van der Waals surface area contributed by atoms with Gasteiger partial charge >= 0.3 is 0 Å². The molecule has 1 aromatic rings. The maximum atomic E-state index is 11.7. The fraction of sp³-hybridized carbons (Fsp3) is 0.429. The van der Waals surface area contributed by atoms with E-state index in [2.05, 4.69) is 19.2 Å². The van der Waals surface area contributed by atoms with Crippen LogP contribution in [-0.2, 0) is 11.2 Å². The minimum atomic E-state index is -0.538. The largest absolute Gasteiger partial charge is 0.349 e. The summed E-state index contributed by atoms with van der Waals surface area (Å²) in [6, 6.07) is 7.25. The summed E-state index contributed by atoms with van der Waals surface area (Å²) in [6.45, 7) is 6.55. The predicted molar refractivity (Wildman–Crippen MR) is 68.0 cm³/mol. The molecular weight excluding hydrogens is 214 g/mol. The van der Waals surface area contributed by atoms with Gasteiger partial charge in [0.25, 0.3) is 5.91 Å². The fourth-order valence-corrected chi connectivity index (χ4v) is 1.64. The summed E-state index contributed by atoms with van der Waals surface area (Å²) in [5.41, 5.74) is 1.64. The molecule has 1 rings (SSSR count). The van der Waals surface area contributed by atoms with Crippen molar-refractivity contribution in [3.05, 3.63) is 35.4 Å². The molecular formula is C14H19NO2. The van der Waals surface area contributed by atoms with E-state index in [1.165, 1.54) is 5.56 Å². The first kappa shape index (κ1) is 13.4. The van der Waals surface area contributed by atoms with E-state index in [0.717, 1.165) is 6.42 Å². The monoisotopic (exact) mass is 233 g/mol. The zero-order chi connectivity index (χ0) is 12.8. The van der Waals surface area contributed by atoms with Crippen LogP contribution in [0.5, 0.6) is 0 Å². The summed E-state index contributed by atoms with van der Waals surface area (Å²) in [4.78, 5) is 23.0. The van der Waals surface area contributed by atoms with Gasteiger partial charge in [-0.1, -0.05) is 38.1 Å². The van der Waals surface area contributed by atoms with Crippen molar-refractivity contribution in [3.63, 3.8) is 0 Å². The van der Waals surface area contributed by atoms with Crippen LogP contribution in [0, 0.1) is 5.92 Å². The molecule has 1 amide bonds. The van der Waals surface area contributed by atoms with Gasteiger partial charge in [-0.15, -0.1) is 0 Å². The summed E-state index contributed by atoms with van der Waals surface area (Å²) >= 11 is 0. The molecule has 0 aromatic heterocycles. The molecule has 0 heterocycles. The van der Waals surface area contributed by atoms with Gasteiger partial charge in [-0.05, 0) is 24.8 Å². The van der Waals surface area contributed by atoms with Crippen LogP contribution < -0.4 is 5.32 Å². The highest BCUT2D eigenvalue weighted by Gasteiger charge is 2.14. The number of likely N-dealkylation sites (N-methyl/N-ethyl adjacent to an activating group) is 1. The van der Waals surface area contributed by atoms with Crippen LogP contribution in [-0.4, -0.2) is 18.2 Å². The van der Waals surface area contributed by atoms with Crippen molar-refractivity contribution < 1.29 is 9.59 Å². The molecule has 0 atom stereocenters. The first-order valence-corrected chi connectivity index (χ1v) is 5.96. The molecule has 0 bridgehead atoms. The van der Waals surface area contributed by atoms with E-state index in [1.807, 2.05) is 12.1 Å². The van der Waals surface area contributed by atoms with Crippen molar-refractivity contribution in [3.8, 4) is 0 Å². The molecule has 0 unspecified atom stereocenters. The highest BCUT2D eigenvalue weighted by molar-refractivity contribution is 6.42. The minimum absolute atomic E-state index is 0.448. The third kappa shape index (κ3) is 4.02. The number of rotatable bonds is 5. The van der Waals surface area contributed by atoms with E-state index >= 15 is 0 Å². The summed E-state index contributed by atoms with van der Waals surface area (Å²) in [6.07, 6.45) is 0.982. The number of ketones is 1. The predicted octanol–water partition coefficient (Wildman–Crippen LogP) is 2.20. The minimum Gasteiger partial charge on any atom is -0.349 e. The zero-order valence-corrected chi connectivity index (χ0v) is 10.6. The van der Waals surface area contributed by atoms with Gasteiger partial charge in [0.1, 0.15) is 0 Å². The van der Waals surface area contributed by atoms with E-state index < -0.39 is 11.7 Å². The van der Waals surface area contributed by atoms with Crippen LogP contribution in [0.1, 0.15) is 36.7 Å². The molecule has 0 saturated heterocycles. The van der Waals surface area contributed by atoms with Crippen LogP contribution in [0.3, 0.4) is 0 Å². The number of Topliss-reactive ketones (excluding diaryl/α,β-unsaturated/α-hetero) is 1. The van der Waals surface area contributed by atoms with Crippen molar-refractivity contribution in [2.75, 3.05) is 6.54 Å². The average molecular weight is 233 g/mol. The lowest BCUT2D eigenvalue weighted by Gasteiger charge is -2.06. The molecule has 0 aliphatic carbocycles. The highest BCUT2D eigenvalue weighted by Crippen LogP contribution is 2.10. The molecule has 0 saturated carbocycles. The first-order chi connectivity index (χ1) is 8.04. The Morgan fingerprint density at radius 2 is 1.76 bits per heavy atom. The molecule has 3 heteroatoms. The number of carbonyl (C=O) groups excluding carboxylic acids is 2. The average Bonchev–Trinajstić information content (AvgIpc) is 2.28. The third-order valence-corrected chi connectivity index (χ3v) is 2.40. The van der Waals surface area contributed by atoms with Gasteiger partial charge in [-0.3, -0.25) is 9.59 Å². The Morgan fingerprint density at radius 1 is 1.18 bits per heavy atom. The molecule has 1 N–H and O–H groups in total. The van der Waals surface area contributed by atoms with E-state index in [4.69, 9.17) is 0 Å². The quantitative estimate of drug-likeness (QED) is 0.626. The van der Waals surface area contributed by atoms with E-state index in [9.17, 15) is 9.59 Å². The molecule has 0 aliphatic heterocycles. The van der Waals surface area contributed by atoms with E-state index in [1.54, 1.807) is 19.1 Å². The normalized spacial score (nSPS) is 10.4. The Balaban J connectivity index is 2.73. The number of nitrogens with one attached hydrogen (secondary N) is 1. The zero-order valence-electron chi connectivity index (χ0n) is 10.6. The Morgan fingerprint density at radius 3 is 2.24 bits per heavy atom. The van der Waals surface area contributed by atoms with Crippen LogP contribution in [0.15, 0.2) is 24.3 Å². The van der Waals surface area contributed by atoms with Crippen molar-refractivity contribution >= 4 is 11.7 Å². The standard InChI is InChI=1S/C14H19NO2/c1-4-15-14(17)13(16)12-7-5-11(6-8-12)9-10(2)3/h5-8,10H,4,9H2,1-3H3,(H,15,17). The van der Waals surface area contributed by atoms with Crippen LogP contribution >= 0.6 is 0 Å². The molecule has 92 valence electrons. The van der Waals surface area contributed by atoms with E-state index in [-0.39, 0.29) is 0 Å². The molecule has 0 radical (unpaired) electrons. The van der Waals surface area contributed by atoms with Crippen LogP contribution in [0.25, 0.3) is 0 Å². The molecule has 0 aliphatic rings. The molecule has 0 spiro atoms. The SMILES string of the molecule is CCNC(=O)C(=O)c1ccc(CC(C)C)cc1. The summed E-state index contributed by atoms with van der Waals surface area (Å²) in [5.74, 6) is -0.424. The fourth-order valence-electron chi connectivity index (χ4n) is 1.64. The van der Waals surface area contributed by atoms with Crippen molar-refractivity contribution in [2.45, 2.75) is 27.2 Å². The van der Waals surface area contributed by atoms with Gasteiger partial charge in [-0.2, -0.15) is 0 Å². The summed E-state index contributed by atoms with van der Waals surface area (Å²) in [7, 11) is 0. The number of carbonyl (C=O) groups is 2. The maximum Gasteiger partial charge on any atom is 0.292 e. The van der Waals surface area contributed by atoms with Gasteiger partial charge in [-0.25, -0.2) is 0 Å². The summed E-state index contributed by atoms with van der Waals surface area (Å²) < 4.78 is 0. The topological polar surface area (TPSA) is 46.2 Å². The van der Waals surface area contributed by atoms with Crippen molar-refractivity contribution in [1.82, 2.24) is 5.32 Å². The van der Waals surface area contributed by atoms with Crippen molar-refractivity contribution in [2.24, 2.45) is 5.92 Å². The second-order valence-corrected chi connectivity index (χ2v) is 4.48. The van der Waals surface area contributed by atoms with E-state index in [0.29, 0.717) is 18.0 Å². The number of hydrogen-bond donors (Lipinski definition) is 1. The van der Waals surface area contributed by atoms with Gasteiger partial charge in [0.05, 0.1) is 0 Å². The van der Waals surface area contributed by atoms with Gasteiger partial charge in [0, 0.05) is 12.1 Å². The molecule has 1 aromatic carbocycles. The lowest BCUT2D eigenvalue weighted by Crippen LogP contribution is -2.30.